The van der Waals surface area contributed by atoms with Gasteiger partial charge in [-0.25, -0.2) is 4.67 Å². The molecular weight excluding hydrogens is 259 g/mol. The summed E-state index contributed by atoms with van der Waals surface area (Å²) in [6, 6.07) is 7.22. The van der Waals surface area contributed by atoms with Gasteiger partial charge in [0.25, 0.3) is 5.91 Å². The normalized spacial score (nSPS) is 19.5. The number of halogens is 1. The third-order valence-corrected chi connectivity index (χ3v) is 4.83. The van der Waals surface area contributed by atoms with Gasteiger partial charge >= 0.3 is 0 Å². The minimum Gasteiger partial charge on any atom is -0.644 e. The summed E-state index contributed by atoms with van der Waals surface area (Å²) in [6.45, 7) is 2.76. The Bertz CT molecular complexity index is 430. The molecule has 0 aliphatic carbocycles. The molecule has 1 unspecified atom stereocenters. The van der Waals surface area contributed by atoms with Crippen LogP contribution in [0.15, 0.2) is 24.3 Å². The quantitative estimate of drug-likeness (QED) is 0.619. The molecule has 1 aromatic carbocycles. The van der Waals surface area contributed by atoms with Crippen LogP contribution < -0.4 is 9.56 Å². The molecule has 0 bridgehead atoms. The first-order valence-corrected chi connectivity index (χ1v) is 7.32. The molecule has 6 heteroatoms. The number of amides is 1. The number of fused-ring (bicyclic) bond motifs is 1. The van der Waals surface area contributed by atoms with Gasteiger partial charge in [0, 0.05) is 5.88 Å². The first kappa shape index (κ1) is 12.6. The summed E-state index contributed by atoms with van der Waals surface area (Å²) in [5, 5.41) is 0. The fraction of sp³-hybridized carbons (Fsp3) is 0.364. The van der Waals surface area contributed by atoms with E-state index in [1.807, 2.05) is 25.1 Å². The van der Waals surface area contributed by atoms with Crippen molar-refractivity contribution in [2.75, 3.05) is 23.6 Å². The fourth-order valence-electron chi connectivity index (χ4n) is 1.95. The Labute approximate surface area is 107 Å². The molecule has 17 heavy (non-hydrogen) atoms. The fourth-order valence-corrected chi connectivity index (χ4v) is 3.82. The van der Waals surface area contributed by atoms with Crippen LogP contribution in [-0.4, -0.2) is 29.5 Å². The zero-order chi connectivity index (χ0) is 12.4. The molecule has 0 saturated heterocycles. The number of benzene rings is 1. The zero-order valence-electron chi connectivity index (χ0n) is 9.52. The number of rotatable bonds is 3. The Morgan fingerprint density at radius 3 is 2.71 bits per heavy atom. The Morgan fingerprint density at radius 2 is 2.06 bits per heavy atom. The highest BCUT2D eigenvalue weighted by Crippen LogP contribution is 2.46. The number of nitrogens with zero attached hydrogens (tertiary/aromatic N) is 2. The maximum Gasteiger partial charge on any atom is 0.288 e. The molecule has 1 aliphatic heterocycles. The molecule has 1 aliphatic rings. The van der Waals surface area contributed by atoms with Gasteiger partial charge in [0.1, 0.15) is 8.45 Å². The van der Waals surface area contributed by atoms with E-state index >= 15 is 0 Å². The second-order valence-corrected chi connectivity index (χ2v) is 5.71. The number of anilines is 1. The molecule has 1 amide bonds. The molecule has 1 aromatic rings. The predicted molar refractivity (Wildman–Crippen MR) is 69.5 cm³/mol. The molecule has 4 nitrogen and oxygen atoms in total. The summed E-state index contributed by atoms with van der Waals surface area (Å²) in [6.07, 6.45) is 0. The summed E-state index contributed by atoms with van der Waals surface area (Å²) in [5.74, 6) is 0.231. The summed E-state index contributed by atoms with van der Waals surface area (Å²) in [7, 11) is -2.26. The third-order valence-electron chi connectivity index (χ3n) is 2.76. The van der Waals surface area contributed by atoms with Crippen molar-refractivity contribution in [1.82, 2.24) is 4.67 Å². The van der Waals surface area contributed by atoms with Gasteiger partial charge in [0.2, 0.25) is 0 Å². The Hall–Kier alpha value is -0.830. The van der Waals surface area contributed by atoms with Crippen molar-refractivity contribution in [3.63, 3.8) is 0 Å². The smallest absolute Gasteiger partial charge is 0.288 e. The number of hydrogen-bond donors (Lipinski definition) is 0. The maximum atomic E-state index is 12.3. The largest absolute Gasteiger partial charge is 0.644 e. The van der Waals surface area contributed by atoms with Crippen LogP contribution in [0.1, 0.15) is 17.3 Å². The molecule has 2 rings (SSSR count). The van der Waals surface area contributed by atoms with E-state index in [2.05, 4.69) is 0 Å². The summed E-state index contributed by atoms with van der Waals surface area (Å²) in [5.41, 5.74) is 1.33. The second kappa shape index (κ2) is 5.21. The van der Waals surface area contributed by atoms with Crippen LogP contribution in [-0.2, 0) is 0 Å². The highest BCUT2D eigenvalue weighted by molar-refractivity contribution is 7.50. The third kappa shape index (κ3) is 2.13. The molecule has 0 saturated carbocycles. The van der Waals surface area contributed by atoms with E-state index in [0.29, 0.717) is 24.5 Å². The van der Waals surface area contributed by atoms with Crippen molar-refractivity contribution < 1.29 is 9.69 Å². The highest BCUT2D eigenvalue weighted by Gasteiger charge is 2.36. The van der Waals surface area contributed by atoms with Crippen molar-refractivity contribution in [3.05, 3.63) is 29.8 Å². The highest BCUT2D eigenvalue weighted by atomic mass is 35.5. The monoisotopic (exact) mass is 272 g/mol. The molecule has 0 N–H and O–H groups in total. The van der Waals surface area contributed by atoms with Crippen LogP contribution >= 0.6 is 20.1 Å². The molecule has 1 atom stereocenters. The minimum atomic E-state index is -2.26. The Morgan fingerprint density at radius 1 is 1.35 bits per heavy atom. The average Bonchev–Trinajstić information content (AvgIpc) is 2.35. The van der Waals surface area contributed by atoms with E-state index in [9.17, 15) is 9.69 Å². The maximum absolute atomic E-state index is 12.3. The van der Waals surface area contributed by atoms with Crippen LogP contribution in [0.2, 0.25) is 0 Å². The topological polar surface area (TPSA) is 46.6 Å². The molecule has 0 radical (unpaired) electrons. The van der Waals surface area contributed by atoms with Crippen molar-refractivity contribution >= 4 is 31.6 Å². The van der Waals surface area contributed by atoms with Crippen LogP contribution in [0.3, 0.4) is 0 Å². The molecule has 0 aromatic heterocycles. The average molecular weight is 273 g/mol. The van der Waals surface area contributed by atoms with E-state index in [4.69, 9.17) is 11.6 Å². The molecular formula is C11H14ClN2O2P. The van der Waals surface area contributed by atoms with Gasteiger partial charge in [-0.15, -0.1) is 11.6 Å². The predicted octanol–water partition coefficient (Wildman–Crippen LogP) is 1.53. The standard InChI is InChI=1S/C11H14ClN2O2P/c1-2-13-11(15)9-5-3-4-6-10(9)14(8-7-12)17(13)16/h3-6,17H,2,7-8H2,1H3. The van der Waals surface area contributed by atoms with E-state index in [0.717, 1.165) is 5.69 Å². The number of alkyl halides is 1. The van der Waals surface area contributed by atoms with Crippen LogP contribution in [0.4, 0.5) is 5.69 Å². The van der Waals surface area contributed by atoms with Gasteiger partial charge in [-0.2, -0.15) is 4.67 Å². The summed E-state index contributed by atoms with van der Waals surface area (Å²) >= 11 is 5.73. The summed E-state index contributed by atoms with van der Waals surface area (Å²) < 4.78 is 3.15. The Kier molecular flexibility index (Phi) is 3.87. The lowest BCUT2D eigenvalue weighted by molar-refractivity contribution is -0.169. The van der Waals surface area contributed by atoms with Crippen LogP contribution in [0.25, 0.3) is 0 Å². The minimum absolute atomic E-state index is 0.155. The van der Waals surface area contributed by atoms with E-state index in [1.165, 1.54) is 4.67 Å². The van der Waals surface area contributed by atoms with Crippen molar-refractivity contribution in [1.29, 1.82) is 0 Å². The lowest BCUT2D eigenvalue weighted by Gasteiger charge is -2.39. The van der Waals surface area contributed by atoms with Gasteiger partial charge in [-0.1, -0.05) is 12.1 Å². The first-order chi connectivity index (χ1) is 8.20. The number of carbonyl (C=O) groups is 1. The summed E-state index contributed by atoms with van der Waals surface area (Å²) in [4.78, 5) is 24.4. The molecule has 0 fully saturated rings. The van der Waals surface area contributed by atoms with E-state index < -0.39 is 8.45 Å². The van der Waals surface area contributed by atoms with Crippen LogP contribution in [0.5, 0.6) is 0 Å². The van der Waals surface area contributed by atoms with Crippen molar-refractivity contribution in [2.24, 2.45) is 0 Å². The molecule has 1 heterocycles. The van der Waals surface area contributed by atoms with Crippen LogP contribution in [0, 0.1) is 0 Å². The van der Waals surface area contributed by atoms with Gasteiger partial charge in [-0.05, 0) is 19.1 Å². The second-order valence-electron chi connectivity index (χ2n) is 3.69. The van der Waals surface area contributed by atoms with Gasteiger partial charge in [0.05, 0.1) is 24.3 Å². The van der Waals surface area contributed by atoms with Gasteiger partial charge in [0.15, 0.2) is 0 Å². The lowest BCUT2D eigenvalue weighted by atomic mass is 10.1. The van der Waals surface area contributed by atoms with Crippen molar-refractivity contribution in [2.45, 2.75) is 6.92 Å². The number of para-hydroxylation sites is 1. The van der Waals surface area contributed by atoms with Crippen molar-refractivity contribution in [3.8, 4) is 0 Å². The number of hydrogen-bond acceptors (Lipinski definition) is 3. The molecule has 0 spiro atoms. The zero-order valence-corrected chi connectivity index (χ0v) is 11.3. The number of carbonyl (C=O) groups excluding carboxylic acids is 1. The van der Waals surface area contributed by atoms with Gasteiger partial charge in [-0.3, -0.25) is 4.79 Å². The Balaban J connectivity index is 2.47. The first-order valence-electron chi connectivity index (χ1n) is 5.49. The van der Waals surface area contributed by atoms with E-state index in [1.54, 1.807) is 10.7 Å². The molecule has 92 valence electrons. The SMILES string of the molecule is CCN1C(=O)c2ccccc2N(CCCl)[PH+]1[O-]. The van der Waals surface area contributed by atoms with E-state index in [-0.39, 0.29) is 5.91 Å². The van der Waals surface area contributed by atoms with Gasteiger partial charge < -0.3 is 4.89 Å². The lowest BCUT2D eigenvalue weighted by Crippen LogP contribution is -2.43.